The fraction of sp³-hybridized carbons (Fsp3) is 1.00. The van der Waals surface area contributed by atoms with Crippen LogP contribution >= 0.6 is 6.13 Å². The molecular formula is C48H102SSn2. The first-order valence-electron chi connectivity index (χ1n) is 24.8. The van der Waals surface area contributed by atoms with Gasteiger partial charge < -0.3 is 0 Å². The zero-order valence-corrected chi connectivity index (χ0v) is 43.6. The average molecular weight is 949 g/mol. The van der Waals surface area contributed by atoms with Gasteiger partial charge in [0.25, 0.3) is 0 Å². The first-order chi connectivity index (χ1) is 25.1. The van der Waals surface area contributed by atoms with Gasteiger partial charge in [-0.05, 0) is 0 Å². The van der Waals surface area contributed by atoms with E-state index in [1.54, 1.807) is 104 Å². The summed E-state index contributed by atoms with van der Waals surface area (Å²) in [4.78, 5) is 0. The zero-order valence-electron chi connectivity index (χ0n) is 37.1. The van der Waals surface area contributed by atoms with Gasteiger partial charge in [0.2, 0.25) is 0 Å². The Hall–Kier alpha value is 1.95. The van der Waals surface area contributed by atoms with E-state index < -0.39 is 34.0 Å². The summed E-state index contributed by atoms with van der Waals surface area (Å²) in [7, 11) is 0. The molecule has 0 amide bonds. The Morgan fingerprint density at radius 1 is 0.196 bits per heavy atom. The third-order valence-electron chi connectivity index (χ3n) is 12.3. The van der Waals surface area contributed by atoms with Crippen molar-refractivity contribution in [2.24, 2.45) is 0 Å². The molecular weight excluding hydrogens is 846 g/mol. The van der Waals surface area contributed by atoms with Gasteiger partial charge in [-0.15, -0.1) is 0 Å². The Balaban J connectivity index is 6.35. The van der Waals surface area contributed by atoms with Gasteiger partial charge in [-0.3, -0.25) is 0 Å². The van der Waals surface area contributed by atoms with E-state index in [4.69, 9.17) is 0 Å². The maximum atomic E-state index is 3.11. The van der Waals surface area contributed by atoms with Crippen molar-refractivity contribution in [3.63, 3.8) is 0 Å². The van der Waals surface area contributed by atoms with Crippen LogP contribution in [0, 0.1) is 0 Å². The number of hydrogen-bond acceptors (Lipinski definition) is 1. The van der Waals surface area contributed by atoms with E-state index in [1.807, 2.05) is 0 Å². The van der Waals surface area contributed by atoms with E-state index in [2.05, 4.69) is 47.7 Å². The molecule has 0 aromatic rings. The van der Waals surface area contributed by atoms with Crippen LogP contribution in [0.3, 0.4) is 0 Å². The van der Waals surface area contributed by atoms with Crippen molar-refractivity contribution in [1.82, 2.24) is 0 Å². The zero-order chi connectivity index (χ0) is 37.4. The van der Waals surface area contributed by atoms with E-state index in [9.17, 15) is 0 Å². The first-order valence-corrected chi connectivity index (χ1v) is 44.7. The fourth-order valence-electron chi connectivity index (χ4n) is 8.88. The van der Waals surface area contributed by atoms with Crippen molar-refractivity contribution in [1.29, 1.82) is 0 Å². The van der Waals surface area contributed by atoms with Crippen LogP contribution in [0.15, 0.2) is 0 Å². The van der Waals surface area contributed by atoms with Gasteiger partial charge in [0.1, 0.15) is 0 Å². The van der Waals surface area contributed by atoms with E-state index in [-0.39, 0.29) is 0 Å². The van der Waals surface area contributed by atoms with Gasteiger partial charge in [0, 0.05) is 0 Å². The van der Waals surface area contributed by atoms with Gasteiger partial charge >= 0.3 is 339 Å². The second-order valence-electron chi connectivity index (χ2n) is 17.6. The fourth-order valence-corrected chi connectivity index (χ4v) is 137. The summed E-state index contributed by atoms with van der Waals surface area (Å²) in [6.45, 7) is 14.4. The molecule has 308 valence electrons. The summed E-state index contributed by atoms with van der Waals surface area (Å²) in [5, 5.41) is 0. The first kappa shape index (κ1) is 52.9. The molecule has 0 aliphatic heterocycles. The van der Waals surface area contributed by atoms with Crippen molar-refractivity contribution >= 4 is 40.1 Å². The van der Waals surface area contributed by atoms with Crippen molar-refractivity contribution < 1.29 is 0 Å². The minimum atomic E-state index is -2.39. The predicted molar refractivity (Wildman–Crippen MR) is 248 cm³/mol. The Labute approximate surface area is 336 Å². The van der Waals surface area contributed by atoms with E-state index in [0.717, 1.165) is 0 Å². The molecule has 0 fully saturated rings. The average Bonchev–Trinajstić information content (AvgIpc) is 3.13. The van der Waals surface area contributed by atoms with Crippen LogP contribution in [0.5, 0.6) is 0 Å². The van der Waals surface area contributed by atoms with Crippen molar-refractivity contribution in [3.05, 3.63) is 0 Å². The molecule has 0 aliphatic rings. The molecule has 0 aromatic carbocycles. The molecule has 0 saturated heterocycles. The molecule has 0 aromatic heterocycles. The third-order valence-corrected chi connectivity index (χ3v) is 100. The number of hydrogen-bond donors (Lipinski definition) is 0. The molecule has 3 heteroatoms. The van der Waals surface area contributed by atoms with Gasteiger partial charge in [0.15, 0.2) is 0 Å². The van der Waals surface area contributed by atoms with Crippen LogP contribution in [0.25, 0.3) is 0 Å². The summed E-state index contributed by atoms with van der Waals surface area (Å²) in [5.41, 5.74) is 0. The molecule has 0 aliphatic carbocycles. The van der Waals surface area contributed by atoms with Crippen molar-refractivity contribution in [2.45, 2.75) is 299 Å². The molecule has 0 unspecified atom stereocenters. The normalized spacial score (nSPS) is 12.4. The standard InChI is InChI=1S/6C8H17.S.2Sn/c6*1-3-5-7-8-6-4-2;;;/h6*1,3-8H2,2H3;;;. The van der Waals surface area contributed by atoms with Crippen LogP contribution < -0.4 is 0 Å². The quantitative estimate of drug-likeness (QED) is 0.0433. The Bertz CT molecular complexity index is 516. The predicted octanol–water partition coefficient (Wildman–Crippen LogP) is 19.8. The molecule has 0 bridgehead atoms. The van der Waals surface area contributed by atoms with E-state index in [0.29, 0.717) is 0 Å². The molecule has 0 saturated carbocycles. The number of rotatable bonds is 44. The Morgan fingerprint density at radius 2 is 0.333 bits per heavy atom. The summed E-state index contributed by atoms with van der Waals surface area (Å²) in [6, 6.07) is 0. The topological polar surface area (TPSA) is 0 Å². The summed E-state index contributed by atoms with van der Waals surface area (Å²) in [6.07, 6.45) is 57.4. The number of unbranched alkanes of at least 4 members (excludes halogenated alkanes) is 30. The second-order valence-corrected chi connectivity index (χ2v) is 64.9. The molecule has 0 nitrogen and oxygen atoms in total. The van der Waals surface area contributed by atoms with Crippen LogP contribution in [0.1, 0.15) is 273 Å². The van der Waals surface area contributed by atoms with Crippen LogP contribution in [-0.2, 0) is 0 Å². The monoisotopic (exact) mass is 951 g/mol. The van der Waals surface area contributed by atoms with E-state index >= 15 is 0 Å². The summed E-state index contributed by atoms with van der Waals surface area (Å²) >= 11 is -4.77. The van der Waals surface area contributed by atoms with Gasteiger partial charge in [-0.2, -0.15) is 0 Å². The van der Waals surface area contributed by atoms with Crippen LogP contribution in [0.2, 0.25) is 26.6 Å². The molecule has 0 rings (SSSR count). The third kappa shape index (κ3) is 33.8. The molecule has 0 atom stereocenters. The van der Waals surface area contributed by atoms with Crippen molar-refractivity contribution in [2.75, 3.05) is 0 Å². The molecule has 0 heterocycles. The van der Waals surface area contributed by atoms with Crippen LogP contribution in [0.4, 0.5) is 0 Å². The molecule has 51 heavy (non-hydrogen) atoms. The molecule has 0 spiro atoms. The maximum absolute atomic E-state index is 3.11. The molecule has 0 N–H and O–H groups in total. The van der Waals surface area contributed by atoms with Crippen LogP contribution in [-0.4, -0.2) is 34.0 Å². The second kappa shape index (κ2) is 41.6. The van der Waals surface area contributed by atoms with Crippen molar-refractivity contribution in [3.8, 4) is 0 Å². The summed E-state index contributed by atoms with van der Waals surface area (Å²) < 4.78 is 10.7. The molecule has 0 radical (unpaired) electrons. The summed E-state index contributed by atoms with van der Waals surface area (Å²) in [5.74, 6) is 0. The Kier molecular flexibility index (Phi) is 43.2. The minimum absolute atomic E-state index is 1.39. The SMILES string of the molecule is CCCCCCC[CH2][Sn]([CH2]CCCCCCC)([CH2]CCCCCCC)[S][Sn]([CH2]CCCCCCC)([CH2]CCCCCCC)[CH2]CCCCCCC. The van der Waals surface area contributed by atoms with E-state index in [1.165, 1.54) is 154 Å². The Morgan fingerprint density at radius 3 is 0.490 bits per heavy atom. The van der Waals surface area contributed by atoms with Gasteiger partial charge in [0.05, 0.1) is 0 Å². The van der Waals surface area contributed by atoms with Gasteiger partial charge in [-0.25, -0.2) is 0 Å². The van der Waals surface area contributed by atoms with Gasteiger partial charge in [-0.1, -0.05) is 0 Å².